The van der Waals surface area contributed by atoms with Crippen molar-refractivity contribution in [2.24, 2.45) is 11.5 Å². The summed E-state index contributed by atoms with van der Waals surface area (Å²) in [4.78, 5) is 11.7. The number of nitrogens with zero attached hydrogens (tertiary/aromatic N) is 3. The summed E-state index contributed by atoms with van der Waals surface area (Å²) in [7, 11) is 0. The van der Waals surface area contributed by atoms with Gasteiger partial charge in [-0.05, 0) is 43.2 Å². The first kappa shape index (κ1) is 20.4. The Morgan fingerprint density at radius 1 is 0.939 bits per heavy atom. The minimum atomic E-state index is -0.175. The van der Waals surface area contributed by atoms with Gasteiger partial charge in [-0.3, -0.25) is 0 Å². The van der Waals surface area contributed by atoms with Crippen molar-refractivity contribution in [2.75, 3.05) is 18.0 Å². The second-order valence-corrected chi connectivity index (χ2v) is 9.47. The van der Waals surface area contributed by atoms with E-state index in [4.69, 9.17) is 25.9 Å². The second kappa shape index (κ2) is 7.97. The van der Waals surface area contributed by atoms with Gasteiger partial charge in [-0.1, -0.05) is 54.6 Å². The Morgan fingerprint density at radius 2 is 1.67 bits per heavy atom. The molecule has 2 fully saturated rings. The molecule has 33 heavy (non-hydrogen) atoms. The number of furan rings is 1. The van der Waals surface area contributed by atoms with Crippen LogP contribution in [0.5, 0.6) is 0 Å². The van der Waals surface area contributed by atoms with Crippen molar-refractivity contribution >= 4 is 17.0 Å². The lowest BCUT2D eigenvalue weighted by atomic mass is 9.72. The van der Waals surface area contributed by atoms with Gasteiger partial charge in [-0.2, -0.15) is 4.98 Å². The summed E-state index contributed by atoms with van der Waals surface area (Å²) in [6, 6.07) is 19.1. The van der Waals surface area contributed by atoms with Crippen LogP contribution in [0, 0.1) is 0 Å². The lowest BCUT2D eigenvalue weighted by molar-refractivity contribution is 0.253. The molecule has 2 aromatic heterocycles. The van der Waals surface area contributed by atoms with Gasteiger partial charge in [0.25, 0.3) is 0 Å². The van der Waals surface area contributed by atoms with Crippen molar-refractivity contribution in [3.05, 3.63) is 66.4 Å². The van der Waals surface area contributed by atoms with E-state index in [2.05, 4.69) is 41.3 Å². The number of piperidine rings is 1. The average molecular weight is 440 g/mol. The number of hydrogen-bond donors (Lipinski definition) is 2. The first-order valence-electron chi connectivity index (χ1n) is 11.9. The average Bonchev–Trinajstić information content (AvgIpc) is 3.22. The van der Waals surface area contributed by atoms with Gasteiger partial charge in [0.15, 0.2) is 0 Å². The van der Waals surface area contributed by atoms with Crippen molar-refractivity contribution < 1.29 is 4.42 Å². The number of nitrogens with two attached hydrogens (primary N) is 2. The van der Waals surface area contributed by atoms with E-state index in [1.165, 1.54) is 12.0 Å². The fraction of sp³-hybridized carbons (Fsp3) is 0.333. The number of fused-ring (bicyclic) bond motifs is 1. The number of rotatable bonds is 4. The second-order valence-electron chi connectivity index (χ2n) is 9.47. The van der Waals surface area contributed by atoms with Crippen LogP contribution in [-0.2, 0) is 5.54 Å². The Morgan fingerprint density at radius 3 is 2.33 bits per heavy atom. The Balaban J connectivity index is 1.44. The Hall–Kier alpha value is -3.22. The largest absolute Gasteiger partial charge is 0.437 e. The molecule has 0 spiro atoms. The summed E-state index contributed by atoms with van der Waals surface area (Å²) in [5.74, 6) is 1.52. The van der Waals surface area contributed by atoms with Crippen LogP contribution in [0.4, 0.5) is 5.95 Å². The maximum Gasteiger partial charge on any atom is 0.232 e. The predicted octanol–water partition coefficient (Wildman–Crippen LogP) is 4.82. The molecule has 1 saturated carbocycles. The van der Waals surface area contributed by atoms with E-state index in [0.717, 1.165) is 66.6 Å². The summed E-state index contributed by atoms with van der Waals surface area (Å²) >= 11 is 0. The number of hydrogen-bond acceptors (Lipinski definition) is 6. The zero-order valence-corrected chi connectivity index (χ0v) is 18.7. The molecule has 0 unspecified atom stereocenters. The van der Waals surface area contributed by atoms with Crippen LogP contribution >= 0.6 is 0 Å². The molecule has 1 aliphatic heterocycles. The fourth-order valence-electron chi connectivity index (χ4n) is 5.02. The predicted molar refractivity (Wildman–Crippen MR) is 132 cm³/mol. The van der Waals surface area contributed by atoms with E-state index in [-0.39, 0.29) is 11.6 Å². The highest BCUT2D eigenvalue weighted by Gasteiger charge is 2.34. The van der Waals surface area contributed by atoms with E-state index in [0.29, 0.717) is 11.7 Å². The normalized spacial score (nSPS) is 18.4. The quantitative estimate of drug-likeness (QED) is 0.473. The summed E-state index contributed by atoms with van der Waals surface area (Å²) in [5.41, 5.74) is 17.4. The van der Waals surface area contributed by atoms with Crippen molar-refractivity contribution in [2.45, 2.75) is 43.7 Å². The molecule has 6 nitrogen and oxygen atoms in total. The number of benzene rings is 2. The highest BCUT2D eigenvalue weighted by Crippen LogP contribution is 2.42. The lowest BCUT2D eigenvalue weighted by Crippen LogP contribution is -2.43. The molecule has 4 aromatic rings. The maximum absolute atomic E-state index is 6.54. The van der Waals surface area contributed by atoms with Gasteiger partial charge in [0, 0.05) is 42.0 Å². The number of anilines is 1. The summed E-state index contributed by atoms with van der Waals surface area (Å²) in [6.45, 7) is 1.74. The topological polar surface area (TPSA) is 94.2 Å². The molecule has 1 aliphatic carbocycles. The molecule has 0 bridgehead atoms. The smallest absolute Gasteiger partial charge is 0.232 e. The molecule has 2 aromatic carbocycles. The zero-order valence-electron chi connectivity index (χ0n) is 18.7. The summed E-state index contributed by atoms with van der Waals surface area (Å²) in [5, 5.41) is 0.923. The maximum atomic E-state index is 6.54. The first-order valence-corrected chi connectivity index (χ1v) is 11.9. The minimum Gasteiger partial charge on any atom is -0.437 e. The highest BCUT2D eigenvalue weighted by molar-refractivity contribution is 6.00. The van der Waals surface area contributed by atoms with E-state index in [9.17, 15) is 0 Å². The van der Waals surface area contributed by atoms with Crippen LogP contribution in [0.25, 0.3) is 33.6 Å². The van der Waals surface area contributed by atoms with Crippen molar-refractivity contribution in [1.29, 1.82) is 0 Å². The molecular weight excluding hydrogens is 410 g/mol. The van der Waals surface area contributed by atoms with Crippen LogP contribution in [0.2, 0.25) is 0 Å². The molecule has 3 heterocycles. The lowest BCUT2D eigenvalue weighted by Gasteiger charge is -2.38. The van der Waals surface area contributed by atoms with Crippen molar-refractivity contribution in [3.8, 4) is 22.5 Å². The molecule has 6 rings (SSSR count). The summed E-state index contributed by atoms with van der Waals surface area (Å²) < 4.78 is 6.42. The molecule has 0 amide bonds. The molecule has 6 heteroatoms. The van der Waals surface area contributed by atoms with E-state index in [1.807, 2.05) is 24.4 Å². The SMILES string of the molecule is NC1CCN(c2ncc3c(-c4ccccc4)c(-c4ccc(C5(N)CCC5)cc4)oc3n2)CC1. The molecule has 2 aliphatic rings. The Kier molecular flexibility index (Phi) is 4.93. The van der Waals surface area contributed by atoms with E-state index < -0.39 is 0 Å². The summed E-state index contributed by atoms with van der Waals surface area (Å²) in [6.07, 6.45) is 7.10. The fourth-order valence-corrected chi connectivity index (χ4v) is 5.02. The zero-order chi connectivity index (χ0) is 22.4. The van der Waals surface area contributed by atoms with Crippen LogP contribution in [0.1, 0.15) is 37.7 Å². The van der Waals surface area contributed by atoms with Crippen LogP contribution in [-0.4, -0.2) is 29.1 Å². The van der Waals surface area contributed by atoms with Gasteiger partial charge in [-0.25, -0.2) is 4.98 Å². The van der Waals surface area contributed by atoms with Gasteiger partial charge in [-0.15, -0.1) is 0 Å². The van der Waals surface area contributed by atoms with Crippen LogP contribution < -0.4 is 16.4 Å². The molecular formula is C27H29N5O. The van der Waals surface area contributed by atoms with Crippen LogP contribution in [0.15, 0.2) is 65.2 Å². The van der Waals surface area contributed by atoms with E-state index in [1.54, 1.807) is 0 Å². The molecule has 0 atom stereocenters. The standard InChI is InChI=1S/C27H29N5O/c28-21-11-15-32(16-12-21)26-30-17-22-23(18-5-2-1-3-6-18)24(33-25(22)31-26)19-7-9-20(10-8-19)27(29)13-4-14-27/h1-3,5-10,17,21H,4,11-16,28-29H2. The molecule has 1 saturated heterocycles. The van der Waals surface area contributed by atoms with Crippen molar-refractivity contribution in [1.82, 2.24) is 9.97 Å². The monoisotopic (exact) mass is 439 g/mol. The minimum absolute atomic E-state index is 0.175. The van der Waals surface area contributed by atoms with E-state index >= 15 is 0 Å². The van der Waals surface area contributed by atoms with Gasteiger partial charge in [0.2, 0.25) is 11.7 Å². The van der Waals surface area contributed by atoms with Crippen LogP contribution in [0.3, 0.4) is 0 Å². The number of aromatic nitrogens is 2. The van der Waals surface area contributed by atoms with Gasteiger partial charge in [0.1, 0.15) is 5.76 Å². The molecule has 0 radical (unpaired) electrons. The van der Waals surface area contributed by atoms with Gasteiger partial charge in [0.05, 0.1) is 5.39 Å². The van der Waals surface area contributed by atoms with Gasteiger partial charge < -0.3 is 20.8 Å². The Labute approximate surface area is 193 Å². The first-order chi connectivity index (χ1) is 16.1. The molecule has 4 N–H and O–H groups in total. The third-order valence-electron chi connectivity index (χ3n) is 7.29. The van der Waals surface area contributed by atoms with Gasteiger partial charge >= 0.3 is 0 Å². The van der Waals surface area contributed by atoms with Crippen molar-refractivity contribution in [3.63, 3.8) is 0 Å². The third-order valence-corrected chi connectivity index (χ3v) is 7.29. The Bertz CT molecular complexity index is 1270. The highest BCUT2D eigenvalue weighted by atomic mass is 16.3. The molecule has 168 valence electrons. The third kappa shape index (κ3) is 3.59.